The first-order chi connectivity index (χ1) is 12.7. The van der Waals surface area contributed by atoms with Gasteiger partial charge in [-0.05, 0) is 47.9 Å². The number of ether oxygens (including phenoxy) is 2. The van der Waals surface area contributed by atoms with Gasteiger partial charge in [0.1, 0.15) is 9.75 Å². The molecule has 0 fully saturated rings. The zero-order valence-corrected chi connectivity index (χ0v) is 20.2. The van der Waals surface area contributed by atoms with E-state index < -0.39 is 0 Å². The van der Waals surface area contributed by atoms with Crippen molar-refractivity contribution in [2.24, 2.45) is 0 Å². The average Bonchev–Trinajstić information content (AvgIpc) is 3.16. The van der Waals surface area contributed by atoms with Gasteiger partial charge in [0, 0.05) is 9.75 Å². The Bertz CT molecular complexity index is 760. The van der Waals surface area contributed by atoms with Crippen molar-refractivity contribution < 1.29 is 19.1 Å². The fraction of sp³-hybridized carbons (Fsp3) is 0.545. The minimum absolute atomic E-state index is 0.0989. The molecule has 0 N–H and O–H groups in total. The first-order valence-corrected chi connectivity index (χ1v) is 10.7. The molecule has 0 bridgehead atoms. The molecule has 0 aliphatic rings. The predicted octanol–water partition coefficient (Wildman–Crippen LogP) is 6.28. The van der Waals surface area contributed by atoms with Crippen LogP contribution in [0.3, 0.4) is 0 Å². The SMILES string of the molecule is COC(=O)c1sc(C(C)(C)C)cc1C.COC(=O)c1sc(C(C)(C)C)cc1C. The second-order valence-corrected chi connectivity index (χ2v) is 10.8. The number of carbonyl (C=O) groups excluding carboxylic acids is 2. The molecule has 0 saturated heterocycles. The number of methoxy groups -OCH3 is 2. The Labute approximate surface area is 176 Å². The summed E-state index contributed by atoms with van der Waals surface area (Å²) in [6.45, 7) is 16.7. The summed E-state index contributed by atoms with van der Waals surface area (Å²) < 4.78 is 9.43. The Balaban J connectivity index is 0.000000280. The van der Waals surface area contributed by atoms with Crippen LogP contribution in [0.4, 0.5) is 0 Å². The molecule has 0 aliphatic heterocycles. The lowest BCUT2D eigenvalue weighted by atomic mass is 9.94. The highest BCUT2D eigenvalue weighted by Crippen LogP contribution is 2.33. The summed E-state index contributed by atoms with van der Waals surface area (Å²) in [4.78, 5) is 26.6. The number of rotatable bonds is 2. The third-order valence-electron chi connectivity index (χ3n) is 4.06. The molecule has 2 aromatic rings. The standard InChI is InChI=1S/2C11H16O2S/c2*1-7-6-8(11(2,3)4)14-9(7)10(12)13-5/h2*6H,1-5H3. The summed E-state index contributed by atoms with van der Waals surface area (Å²) in [6, 6.07) is 4.13. The summed E-state index contributed by atoms with van der Waals surface area (Å²) in [5.74, 6) is -0.467. The van der Waals surface area contributed by atoms with E-state index in [1.54, 1.807) is 0 Å². The first kappa shape index (κ1) is 24.4. The van der Waals surface area contributed by atoms with Gasteiger partial charge in [0.25, 0.3) is 0 Å². The quantitative estimate of drug-likeness (QED) is 0.532. The molecule has 0 saturated carbocycles. The van der Waals surface area contributed by atoms with E-state index >= 15 is 0 Å². The summed E-state index contributed by atoms with van der Waals surface area (Å²) in [5.41, 5.74) is 2.21. The van der Waals surface area contributed by atoms with Crippen LogP contribution < -0.4 is 0 Å². The third kappa shape index (κ3) is 6.17. The fourth-order valence-corrected chi connectivity index (χ4v) is 4.59. The Morgan fingerprint density at radius 2 is 1.00 bits per heavy atom. The maximum Gasteiger partial charge on any atom is 0.348 e. The van der Waals surface area contributed by atoms with E-state index in [9.17, 15) is 9.59 Å². The lowest BCUT2D eigenvalue weighted by molar-refractivity contribution is 0.0596. The molecular weight excluding hydrogens is 392 g/mol. The highest BCUT2D eigenvalue weighted by Gasteiger charge is 2.22. The Kier molecular flexibility index (Phi) is 8.03. The van der Waals surface area contributed by atoms with Crippen LogP contribution in [0, 0.1) is 13.8 Å². The molecule has 0 aliphatic carbocycles. The van der Waals surface area contributed by atoms with Gasteiger partial charge in [0.15, 0.2) is 0 Å². The van der Waals surface area contributed by atoms with Gasteiger partial charge in [-0.2, -0.15) is 0 Å². The molecule has 156 valence electrons. The van der Waals surface area contributed by atoms with Gasteiger partial charge in [-0.1, -0.05) is 41.5 Å². The molecule has 4 nitrogen and oxygen atoms in total. The number of esters is 2. The summed E-state index contributed by atoms with van der Waals surface area (Å²) in [5, 5.41) is 0. The van der Waals surface area contributed by atoms with Crippen molar-refractivity contribution in [1.29, 1.82) is 0 Å². The number of carbonyl (C=O) groups is 2. The van der Waals surface area contributed by atoms with Crippen molar-refractivity contribution in [2.75, 3.05) is 14.2 Å². The number of thiophene rings is 2. The molecule has 0 atom stereocenters. The van der Waals surface area contributed by atoms with E-state index in [0.717, 1.165) is 20.9 Å². The van der Waals surface area contributed by atoms with Crippen LogP contribution in [0.15, 0.2) is 12.1 Å². The van der Waals surface area contributed by atoms with E-state index in [-0.39, 0.29) is 22.8 Å². The molecule has 6 heteroatoms. The van der Waals surface area contributed by atoms with Gasteiger partial charge in [0.2, 0.25) is 0 Å². The Morgan fingerprint density at radius 1 is 0.714 bits per heavy atom. The molecule has 0 unspecified atom stereocenters. The first-order valence-electron chi connectivity index (χ1n) is 9.10. The molecule has 0 amide bonds. The maximum absolute atomic E-state index is 11.4. The van der Waals surface area contributed by atoms with Gasteiger partial charge in [0.05, 0.1) is 14.2 Å². The highest BCUT2D eigenvalue weighted by molar-refractivity contribution is 7.14. The van der Waals surface area contributed by atoms with Crippen molar-refractivity contribution in [3.8, 4) is 0 Å². The second-order valence-electron chi connectivity index (χ2n) is 8.73. The van der Waals surface area contributed by atoms with Gasteiger partial charge < -0.3 is 9.47 Å². The molecule has 2 rings (SSSR count). The zero-order chi connectivity index (χ0) is 21.9. The van der Waals surface area contributed by atoms with Crippen molar-refractivity contribution in [1.82, 2.24) is 0 Å². The van der Waals surface area contributed by atoms with Crippen LogP contribution in [-0.4, -0.2) is 26.2 Å². The van der Waals surface area contributed by atoms with Crippen molar-refractivity contribution in [3.05, 3.63) is 42.8 Å². The van der Waals surface area contributed by atoms with Gasteiger partial charge in [-0.15, -0.1) is 22.7 Å². The largest absolute Gasteiger partial charge is 0.465 e. The van der Waals surface area contributed by atoms with E-state index in [0.29, 0.717) is 0 Å². The molecule has 0 radical (unpaired) electrons. The van der Waals surface area contributed by atoms with Crippen molar-refractivity contribution >= 4 is 34.6 Å². The van der Waals surface area contributed by atoms with Gasteiger partial charge in [-0.25, -0.2) is 9.59 Å². The topological polar surface area (TPSA) is 52.6 Å². The lowest BCUT2D eigenvalue weighted by Gasteiger charge is -2.15. The molecule has 0 aromatic carbocycles. The molecular formula is C22H32O4S2. The van der Waals surface area contributed by atoms with Crippen LogP contribution in [0.2, 0.25) is 0 Å². The van der Waals surface area contributed by atoms with Crippen LogP contribution >= 0.6 is 22.7 Å². The normalized spacial score (nSPS) is 11.5. The smallest absolute Gasteiger partial charge is 0.348 e. The molecule has 0 spiro atoms. The predicted molar refractivity (Wildman–Crippen MR) is 118 cm³/mol. The molecule has 2 heterocycles. The number of hydrogen-bond acceptors (Lipinski definition) is 6. The van der Waals surface area contributed by atoms with Gasteiger partial charge in [-0.3, -0.25) is 0 Å². The van der Waals surface area contributed by atoms with E-state index in [1.807, 2.05) is 13.8 Å². The van der Waals surface area contributed by atoms with Crippen molar-refractivity contribution in [3.63, 3.8) is 0 Å². The minimum Gasteiger partial charge on any atom is -0.465 e. The zero-order valence-electron chi connectivity index (χ0n) is 18.6. The summed E-state index contributed by atoms with van der Waals surface area (Å²) >= 11 is 3.05. The Morgan fingerprint density at radius 3 is 1.18 bits per heavy atom. The second kappa shape index (κ2) is 9.23. The van der Waals surface area contributed by atoms with Crippen LogP contribution in [-0.2, 0) is 20.3 Å². The van der Waals surface area contributed by atoms with E-state index in [1.165, 1.54) is 46.6 Å². The average molecular weight is 425 g/mol. The van der Waals surface area contributed by atoms with Crippen LogP contribution in [0.25, 0.3) is 0 Å². The molecule has 28 heavy (non-hydrogen) atoms. The van der Waals surface area contributed by atoms with Gasteiger partial charge >= 0.3 is 11.9 Å². The van der Waals surface area contributed by atoms with Crippen LogP contribution in [0.5, 0.6) is 0 Å². The van der Waals surface area contributed by atoms with Crippen LogP contribution in [0.1, 0.15) is 81.8 Å². The summed E-state index contributed by atoms with van der Waals surface area (Å²) in [6.07, 6.45) is 0. The number of hydrogen-bond donors (Lipinski definition) is 0. The molecule has 2 aromatic heterocycles. The number of aryl methyl sites for hydroxylation is 2. The monoisotopic (exact) mass is 424 g/mol. The lowest BCUT2D eigenvalue weighted by Crippen LogP contribution is -2.08. The van der Waals surface area contributed by atoms with E-state index in [4.69, 9.17) is 9.47 Å². The maximum atomic E-state index is 11.4. The summed E-state index contributed by atoms with van der Waals surface area (Å²) in [7, 11) is 2.83. The Hall–Kier alpha value is -1.66. The fourth-order valence-electron chi connectivity index (χ4n) is 2.29. The highest BCUT2D eigenvalue weighted by atomic mass is 32.1. The third-order valence-corrected chi connectivity index (χ3v) is 7.34. The van der Waals surface area contributed by atoms with Crippen molar-refractivity contribution in [2.45, 2.75) is 66.2 Å². The minimum atomic E-state index is -0.233. The van der Waals surface area contributed by atoms with E-state index in [2.05, 4.69) is 53.7 Å².